The number of rotatable bonds is 3. The standard InChI is InChI=1S/C9H14N2O3/c1-6(12)4-8-10-9(11-14-8)7-2-3-13-5-7/h6-7,12H,2-5H2,1H3. The Hall–Kier alpha value is -0.940. The lowest BCUT2D eigenvalue weighted by molar-refractivity contribution is 0.180. The number of ether oxygens (including phenoxy) is 1. The molecular formula is C9H14N2O3. The maximum Gasteiger partial charge on any atom is 0.229 e. The van der Waals surface area contributed by atoms with Gasteiger partial charge in [-0.2, -0.15) is 4.98 Å². The summed E-state index contributed by atoms with van der Waals surface area (Å²) in [7, 11) is 0. The highest BCUT2D eigenvalue weighted by molar-refractivity contribution is 4.97. The molecule has 0 saturated carbocycles. The molecule has 0 amide bonds. The Balaban J connectivity index is 2.01. The minimum atomic E-state index is -0.442. The normalized spacial score (nSPS) is 24.0. The Morgan fingerprint density at radius 1 is 1.64 bits per heavy atom. The molecule has 0 spiro atoms. The lowest BCUT2D eigenvalue weighted by Gasteiger charge is -1.98. The van der Waals surface area contributed by atoms with Crippen molar-refractivity contribution in [3.05, 3.63) is 11.7 Å². The van der Waals surface area contributed by atoms with Gasteiger partial charge in [-0.1, -0.05) is 5.16 Å². The molecule has 5 heteroatoms. The molecule has 0 radical (unpaired) electrons. The summed E-state index contributed by atoms with van der Waals surface area (Å²) in [4.78, 5) is 4.21. The number of nitrogens with zero attached hydrogens (tertiary/aromatic N) is 2. The van der Waals surface area contributed by atoms with E-state index in [4.69, 9.17) is 14.4 Å². The third-order valence-electron chi connectivity index (χ3n) is 2.25. The molecule has 1 fully saturated rings. The molecule has 14 heavy (non-hydrogen) atoms. The van der Waals surface area contributed by atoms with Gasteiger partial charge in [0, 0.05) is 12.5 Å². The number of hydrogen-bond donors (Lipinski definition) is 1. The van der Waals surface area contributed by atoms with Crippen LogP contribution in [0.3, 0.4) is 0 Å². The van der Waals surface area contributed by atoms with Crippen molar-refractivity contribution in [2.45, 2.75) is 31.8 Å². The summed E-state index contributed by atoms with van der Waals surface area (Å²) in [5.41, 5.74) is 0. The van der Waals surface area contributed by atoms with E-state index in [1.165, 1.54) is 0 Å². The Kier molecular flexibility index (Phi) is 2.79. The maximum absolute atomic E-state index is 9.13. The van der Waals surface area contributed by atoms with Gasteiger partial charge < -0.3 is 14.4 Å². The van der Waals surface area contributed by atoms with Gasteiger partial charge in [0.15, 0.2) is 5.82 Å². The number of aromatic nitrogens is 2. The molecular weight excluding hydrogens is 184 g/mol. The van der Waals surface area contributed by atoms with Gasteiger partial charge in [0.05, 0.1) is 19.1 Å². The molecule has 2 heterocycles. The quantitative estimate of drug-likeness (QED) is 0.765. The largest absolute Gasteiger partial charge is 0.393 e. The van der Waals surface area contributed by atoms with Gasteiger partial charge in [0.1, 0.15) is 0 Å². The van der Waals surface area contributed by atoms with Crippen molar-refractivity contribution in [1.29, 1.82) is 0 Å². The van der Waals surface area contributed by atoms with Gasteiger partial charge in [0.2, 0.25) is 5.89 Å². The first kappa shape index (κ1) is 9.61. The monoisotopic (exact) mass is 198 g/mol. The number of hydrogen-bond acceptors (Lipinski definition) is 5. The van der Waals surface area contributed by atoms with Crippen LogP contribution in [0, 0.1) is 0 Å². The summed E-state index contributed by atoms with van der Waals surface area (Å²) in [6.45, 7) is 3.14. The second kappa shape index (κ2) is 4.06. The molecule has 5 nitrogen and oxygen atoms in total. The fraction of sp³-hybridized carbons (Fsp3) is 0.778. The molecule has 2 unspecified atom stereocenters. The fourth-order valence-electron chi connectivity index (χ4n) is 1.51. The Morgan fingerprint density at radius 2 is 2.50 bits per heavy atom. The van der Waals surface area contributed by atoms with E-state index in [9.17, 15) is 0 Å². The molecule has 2 rings (SSSR count). The van der Waals surface area contributed by atoms with Gasteiger partial charge in [-0.25, -0.2) is 0 Å². The molecule has 2 atom stereocenters. The topological polar surface area (TPSA) is 68.4 Å². The average molecular weight is 198 g/mol. The first-order chi connectivity index (χ1) is 6.75. The van der Waals surface area contributed by atoms with Gasteiger partial charge >= 0.3 is 0 Å². The minimum absolute atomic E-state index is 0.265. The van der Waals surface area contributed by atoms with Gasteiger partial charge in [-0.3, -0.25) is 0 Å². The van der Waals surface area contributed by atoms with Gasteiger partial charge in [-0.05, 0) is 13.3 Å². The van der Waals surface area contributed by atoms with Crippen LogP contribution in [0.4, 0.5) is 0 Å². The first-order valence-corrected chi connectivity index (χ1v) is 4.84. The van der Waals surface area contributed by atoms with Crippen molar-refractivity contribution >= 4 is 0 Å². The third-order valence-corrected chi connectivity index (χ3v) is 2.25. The fourth-order valence-corrected chi connectivity index (χ4v) is 1.51. The summed E-state index contributed by atoms with van der Waals surface area (Å²) in [6.07, 6.45) is 0.928. The van der Waals surface area contributed by atoms with Gasteiger partial charge in [-0.15, -0.1) is 0 Å². The summed E-state index contributed by atoms with van der Waals surface area (Å²) in [5.74, 6) is 1.47. The SMILES string of the molecule is CC(O)Cc1nc(C2CCOC2)no1. The minimum Gasteiger partial charge on any atom is -0.393 e. The van der Waals surface area contributed by atoms with Crippen LogP contribution in [-0.2, 0) is 11.2 Å². The second-order valence-corrected chi connectivity index (χ2v) is 3.66. The Morgan fingerprint density at radius 3 is 3.14 bits per heavy atom. The molecule has 78 valence electrons. The number of aliphatic hydroxyl groups is 1. The van der Waals surface area contributed by atoms with Crippen molar-refractivity contribution in [2.75, 3.05) is 13.2 Å². The van der Waals surface area contributed by atoms with Crippen LogP contribution < -0.4 is 0 Å². The molecule has 1 aliphatic rings. The van der Waals surface area contributed by atoms with E-state index >= 15 is 0 Å². The van der Waals surface area contributed by atoms with Crippen LogP contribution in [0.1, 0.15) is 31.0 Å². The maximum atomic E-state index is 9.13. The highest BCUT2D eigenvalue weighted by Crippen LogP contribution is 2.22. The lowest BCUT2D eigenvalue weighted by Crippen LogP contribution is -2.05. The van der Waals surface area contributed by atoms with E-state index in [2.05, 4.69) is 10.1 Å². The summed E-state index contributed by atoms with van der Waals surface area (Å²) >= 11 is 0. The molecule has 0 aliphatic carbocycles. The summed E-state index contributed by atoms with van der Waals surface area (Å²) < 4.78 is 10.2. The number of aliphatic hydroxyl groups excluding tert-OH is 1. The predicted molar refractivity (Wildman–Crippen MR) is 47.9 cm³/mol. The molecule has 1 aromatic rings. The van der Waals surface area contributed by atoms with Crippen molar-refractivity contribution in [1.82, 2.24) is 10.1 Å². The van der Waals surface area contributed by atoms with Crippen LogP contribution in [0.25, 0.3) is 0 Å². The van der Waals surface area contributed by atoms with Crippen LogP contribution in [-0.4, -0.2) is 34.6 Å². The van der Waals surface area contributed by atoms with E-state index in [0.29, 0.717) is 24.7 Å². The van der Waals surface area contributed by atoms with E-state index in [0.717, 1.165) is 13.0 Å². The van der Waals surface area contributed by atoms with Crippen LogP contribution in [0.5, 0.6) is 0 Å². The zero-order valence-electron chi connectivity index (χ0n) is 8.14. The zero-order chi connectivity index (χ0) is 9.97. The summed E-state index contributed by atoms with van der Waals surface area (Å²) in [5, 5.41) is 13.0. The van der Waals surface area contributed by atoms with Crippen LogP contribution >= 0.6 is 0 Å². The Labute approximate surface area is 82.1 Å². The molecule has 0 bridgehead atoms. The molecule has 1 saturated heterocycles. The first-order valence-electron chi connectivity index (χ1n) is 4.84. The van der Waals surface area contributed by atoms with Crippen LogP contribution in [0.15, 0.2) is 4.52 Å². The van der Waals surface area contributed by atoms with E-state index in [1.54, 1.807) is 6.92 Å². The second-order valence-electron chi connectivity index (χ2n) is 3.66. The summed E-state index contributed by atoms with van der Waals surface area (Å²) in [6, 6.07) is 0. The smallest absolute Gasteiger partial charge is 0.229 e. The van der Waals surface area contributed by atoms with E-state index in [-0.39, 0.29) is 5.92 Å². The van der Waals surface area contributed by atoms with E-state index < -0.39 is 6.10 Å². The van der Waals surface area contributed by atoms with Gasteiger partial charge in [0.25, 0.3) is 0 Å². The van der Waals surface area contributed by atoms with Crippen molar-refractivity contribution < 1.29 is 14.4 Å². The molecule has 1 aromatic heterocycles. The van der Waals surface area contributed by atoms with Crippen molar-refractivity contribution in [3.8, 4) is 0 Å². The Bertz CT molecular complexity index is 292. The van der Waals surface area contributed by atoms with Crippen molar-refractivity contribution in [3.63, 3.8) is 0 Å². The lowest BCUT2D eigenvalue weighted by atomic mass is 10.1. The molecule has 0 aromatic carbocycles. The van der Waals surface area contributed by atoms with Crippen LogP contribution in [0.2, 0.25) is 0 Å². The highest BCUT2D eigenvalue weighted by Gasteiger charge is 2.23. The van der Waals surface area contributed by atoms with Crippen molar-refractivity contribution in [2.24, 2.45) is 0 Å². The molecule has 1 aliphatic heterocycles. The molecule has 1 N–H and O–H groups in total. The third kappa shape index (κ3) is 2.10. The zero-order valence-corrected chi connectivity index (χ0v) is 8.14. The highest BCUT2D eigenvalue weighted by atomic mass is 16.5. The predicted octanol–water partition coefficient (Wildman–Crippen LogP) is 0.497. The van der Waals surface area contributed by atoms with E-state index in [1.807, 2.05) is 0 Å². The average Bonchev–Trinajstić information content (AvgIpc) is 2.69.